The Bertz CT molecular complexity index is 343. The number of nitrogens with one attached hydrogen (secondary N) is 2. The van der Waals surface area contributed by atoms with Gasteiger partial charge in [0, 0.05) is 6.20 Å². The van der Waals surface area contributed by atoms with Crippen LogP contribution in [-0.4, -0.2) is 33.0 Å². The van der Waals surface area contributed by atoms with E-state index >= 15 is 0 Å². The summed E-state index contributed by atoms with van der Waals surface area (Å²) in [6.07, 6.45) is 2.56. The van der Waals surface area contributed by atoms with E-state index in [1.54, 1.807) is 0 Å². The van der Waals surface area contributed by atoms with Crippen LogP contribution in [0.25, 0.3) is 0 Å². The van der Waals surface area contributed by atoms with Gasteiger partial charge in [-0.15, -0.1) is 0 Å². The largest absolute Gasteiger partial charge is 0.475 e. The Kier molecular flexibility index (Phi) is 2.38. The lowest BCUT2D eigenvalue weighted by Gasteiger charge is -1.96. The number of carbonyl (C=O) groups is 3. The quantitative estimate of drug-likeness (QED) is 0.411. The third kappa shape index (κ3) is 2.12. The first-order chi connectivity index (χ1) is 6.11. The molecule has 13 heavy (non-hydrogen) atoms. The van der Waals surface area contributed by atoms with Crippen LogP contribution in [-0.2, 0) is 14.4 Å². The Morgan fingerprint density at radius 1 is 1.46 bits per heavy atom. The van der Waals surface area contributed by atoms with Gasteiger partial charge in [-0.3, -0.25) is 14.7 Å². The number of hydrogen-bond donors (Lipinski definition) is 3. The van der Waals surface area contributed by atoms with Gasteiger partial charge in [0.05, 0.1) is 11.9 Å². The number of carboxylic acid groups (broad SMARTS) is 1. The molecule has 0 atom stereocenters. The number of anilines is 1. The summed E-state index contributed by atoms with van der Waals surface area (Å²) in [7, 11) is 0. The fourth-order valence-corrected chi connectivity index (χ4v) is 0.604. The molecule has 1 heterocycles. The lowest BCUT2D eigenvalue weighted by Crippen LogP contribution is -2.29. The van der Waals surface area contributed by atoms with Crippen molar-refractivity contribution in [3.63, 3.8) is 0 Å². The summed E-state index contributed by atoms with van der Waals surface area (Å²) in [5, 5.41) is 16.0. The molecule has 3 N–H and O–H groups in total. The lowest BCUT2D eigenvalue weighted by atomic mass is 10.3. The van der Waals surface area contributed by atoms with E-state index in [9.17, 15) is 14.4 Å². The summed E-state index contributed by atoms with van der Waals surface area (Å²) in [5.41, 5.74) is 0.236. The molecule has 7 nitrogen and oxygen atoms in total. The van der Waals surface area contributed by atoms with Crippen molar-refractivity contribution in [2.75, 3.05) is 5.32 Å². The topological polar surface area (TPSA) is 112 Å². The van der Waals surface area contributed by atoms with Crippen molar-refractivity contribution < 1.29 is 19.5 Å². The highest BCUT2D eigenvalue weighted by atomic mass is 16.4. The maximum absolute atomic E-state index is 10.8. The molecule has 0 saturated carbocycles. The molecule has 1 amide bonds. The fourth-order valence-electron chi connectivity index (χ4n) is 0.604. The van der Waals surface area contributed by atoms with Crippen molar-refractivity contribution in [2.24, 2.45) is 0 Å². The van der Waals surface area contributed by atoms with Gasteiger partial charge in [0.2, 0.25) is 0 Å². The van der Waals surface area contributed by atoms with Gasteiger partial charge in [-0.05, 0) is 0 Å². The molecule has 0 aliphatic rings. The maximum atomic E-state index is 10.8. The van der Waals surface area contributed by atoms with Gasteiger partial charge in [-0.2, -0.15) is 5.10 Å². The van der Waals surface area contributed by atoms with E-state index in [1.807, 2.05) is 5.32 Å². The number of aromatic amines is 1. The molecule has 0 radical (unpaired) electrons. The number of nitrogens with zero attached hydrogens (tertiary/aromatic N) is 1. The molecule has 1 aromatic heterocycles. The molecular weight excluding hydrogens is 178 g/mol. The van der Waals surface area contributed by atoms with E-state index in [0.29, 0.717) is 0 Å². The van der Waals surface area contributed by atoms with Gasteiger partial charge < -0.3 is 10.4 Å². The van der Waals surface area contributed by atoms with Crippen LogP contribution in [0.2, 0.25) is 0 Å². The van der Waals surface area contributed by atoms with E-state index in [4.69, 9.17) is 5.11 Å². The first-order valence-electron chi connectivity index (χ1n) is 3.18. The molecule has 0 aliphatic carbocycles. The SMILES string of the molecule is O=C(O)C(=O)C(=O)Nc1cn[nH]c1. The van der Waals surface area contributed by atoms with Crippen LogP contribution in [0, 0.1) is 0 Å². The number of carboxylic acids is 1. The molecule has 7 heteroatoms. The molecule has 0 aliphatic heterocycles. The first-order valence-corrected chi connectivity index (χ1v) is 3.18. The van der Waals surface area contributed by atoms with Crippen molar-refractivity contribution in [2.45, 2.75) is 0 Å². The van der Waals surface area contributed by atoms with Crippen molar-refractivity contribution in [1.82, 2.24) is 10.2 Å². The molecule has 0 saturated heterocycles. The second kappa shape index (κ2) is 3.48. The van der Waals surface area contributed by atoms with Crippen LogP contribution < -0.4 is 5.32 Å². The molecule has 0 unspecified atom stereocenters. The minimum atomic E-state index is -1.79. The summed E-state index contributed by atoms with van der Waals surface area (Å²) < 4.78 is 0. The number of aromatic nitrogens is 2. The van der Waals surface area contributed by atoms with Gasteiger partial charge in [-0.25, -0.2) is 4.79 Å². The normalized spacial score (nSPS) is 9.23. The number of ketones is 1. The van der Waals surface area contributed by atoms with Crippen molar-refractivity contribution in [1.29, 1.82) is 0 Å². The third-order valence-electron chi connectivity index (χ3n) is 1.16. The van der Waals surface area contributed by atoms with Crippen LogP contribution >= 0.6 is 0 Å². The standard InChI is InChI=1S/C6H5N3O4/c10-4(6(12)13)5(11)9-3-1-7-8-2-3/h1-2H,(H,7,8)(H,9,11)(H,12,13). The van der Waals surface area contributed by atoms with Crippen LogP contribution in [0.5, 0.6) is 0 Å². The Hall–Kier alpha value is -2.18. The van der Waals surface area contributed by atoms with Gasteiger partial charge in [0.15, 0.2) is 0 Å². The minimum Gasteiger partial charge on any atom is -0.475 e. The number of hydrogen-bond acceptors (Lipinski definition) is 4. The molecule has 68 valence electrons. The summed E-state index contributed by atoms with van der Waals surface area (Å²) in [6.45, 7) is 0. The second-order valence-electron chi connectivity index (χ2n) is 2.08. The number of H-pyrrole nitrogens is 1. The smallest absolute Gasteiger partial charge is 0.382 e. The first kappa shape index (κ1) is 8.91. The van der Waals surface area contributed by atoms with Gasteiger partial charge in [0.1, 0.15) is 0 Å². The Balaban J connectivity index is 2.61. The number of aliphatic carboxylic acids is 1. The number of carbonyl (C=O) groups excluding carboxylic acids is 2. The highest BCUT2D eigenvalue weighted by Crippen LogP contribution is 2.00. The zero-order valence-electron chi connectivity index (χ0n) is 6.27. The Morgan fingerprint density at radius 3 is 2.62 bits per heavy atom. The van der Waals surface area contributed by atoms with Crippen molar-refractivity contribution >= 4 is 23.3 Å². The van der Waals surface area contributed by atoms with Crippen molar-refractivity contribution in [3.8, 4) is 0 Å². The zero-order valence-corrected chi connectivity index (χ0v) is 6.27. The highest BCUT2D eigenvalue weighted by Gasteiger charge is 2.21. The van der Waals surface area contributed by atoms with Gasteiger partial charge in [0.25, 0.3) is 0 Å². The van der Waals surface area contributed by atoms with Crippen LogP contribution in [0.15, 0.2) is 12.4 Å². The number of rotatable bonds is 3. The second-order valence-corrected chi connectivity index (χ2v) is 2.08. The predicted molar refractivity (Wildman–Crippen MR) is 39.9 cm³/mol. The molecule has 1 aromatic rings. The third-order valence-corrected chi connectivity index (χ3v) is 1.16. The van der Waals surface area contributed by atoms with E-state index in [2.05, 4.69) is 10.2 Å². The van der Waals surface area contributed by atoms with E-state index in [1.165, 1.54) is 12.4 Å². The average Bonchev–Trinajstić information content (AvgIpc) is 2.55. The molecule has 0 fully saturated rings. The average molecular weight is 183 g/mol. The molecule has 0 aromatic carbocycles. The highest BCUT2D eigenvalue weighted by molar-refractivity contribution is 6.63. The van der Waals surface area contributed by atoms with Crippen LogP contribution in [0.4, 0.5) is 5.69 Å². The van der Waals surface area contributed by atoms with Crippen molar-refractivity contribution in [3.05, 3.63) is 12.4 Å². The van der Waals surface area contributed by atoms with E-state index in [0.717, 1.165) is 0 Å². The lowest BCUT2D eigenvalue weighted by molar-refractivity contribution is -0.152. The van der Waals surface area contributed by atoms with Gasteiger partial charge in [-0.1, -0.05) is 0 Å². The summed E-state index contributed by atoms with van der Waals surface area (Å²) in [5.74, 6) is -4.50. The zero-order chi connectivity index (χ0) is 9.84. The summed E-state index contributed by atoms with van der Waals surface area (Å²) >= 11 is 0. The molecule has 0 spiro atoms. The van der Waals surface area contributed by atoms with E-state index in [-0.39, 0.29) is 5.69 Å². The summed E-state index contributed by atoms with van der Waals surface area (Å²) in [4.78, 5) is 31.3. The Labute approximate surface area is 71.8 Å². The van der Waals surface area contributed by atoms with E-state index < -0.39 is 17.7 Å². The minimum absolute atomic E-state index is 0.236. The summed E-state index contributed by atoms with van der Waals surface area (Å²) in [6, 6.07) is 0. The van der Waals surface area contributed by atoms with Crippen LogP contribution in [0.1, 0.15) is 0 Å². The molecule has 1 rings (SSSR count). The molecule has 0 bridgehead atoms. The molecular formula is C6H5N3O4. The van der Waals surface area contributed by atoms with Crippen LogP contribution in [0.3, 0.4) is 0 Å². The number of Topliss-reactive ketones (excluding diaryl/α,β-unsaturated/α-hetero) is 1. The van der Waals surface area contributed by atoms with Gasteiger partial charge >= 0.3 is 17.7 Å². The fraction of sp³-hybridized carbons (Fsp3) is 0. The monoisotopic (exact) mass is 183 g/mol. The number of amides is 1. The maximum Gasteiger partial charge on any atom is 0.382 e. The predicted octanol–water partition coefficient (Wildman–Crippen LogP) is -0.998. The Morgan fingerprint density at radius 2 is 2.15 bits per heavy atom.